The molecule has 0 spiro atoms. The van der Waals surface area contributed by atoms with Gasteiger partial charge in [-0.25, -0.2) is 0 Å². The van der Waals surface area contributed by atoms with Crippen molar-refractivity contribution in [2.24, 2.45) is 11.8 Å². The average Bonchev–Trinajstić information content (AvgIpc) is 2.05. The molecule has 12 heavy (non-hydrogen) atoms. The van der Waals surface area contributed by atoms with Crippen LogP contribution in [0.25, 0.3) is 0 Å². The normalized spacial score (nSPS) is 22.8. The summed E-state index contributed by atoms with van der Waals surface area (Å²) in [5, 5.41) is 0. The second kappa shape index (κ2) is 4.97. The third-order valence-corrected chi connectivity index (χ3v) is 2.03. The molecule has 0 aromatic rings. The summed E-state index contributed by atoms with van der Waals surface area (Å²) in [7, 11) is 0. The van der Waals surface area contributed by atoms with Gasteiger partial charge in [0.15, 0.2) is 0 Å². The Morgan fingerprint density at radius 3 is 2.83 bits per heavy atom. The van der Waals surface area contributed by atoms with Gasteiger partial charge in [-0.15, -0.1) is 0 Å². The Kier molecular flexibility index (Phi) is 3.86. The molecule has 66 valence electrons. The summed E-state index contributed by atoms with van der Waals surface area (Å²) >= 11 is 0. The van der Waals surface area contributed by atoms with Crippen molar-refractivity contribution in [1.82, 2.24) is 0 Å². The Labute approximate surface area is 75.7 Å². The highest BCUT2D eigenvalue weighted by atomic mass is 14.1. The van der Waals surface area contributed by atoms with Gasteiger partial charge in [0.2, 0.25) is 0 Å². The van der Waals surface area contributed by atoms with Gasteiger partial charge in [0.25, 0.3) is 0 Å². The van der Waals surface area contributed by atoms with Crippen molar-refractivity contribution in [2.45, 2.75) is 26.7 Å². The zero-order valence-corrected chi connectivity index (χ0v) is 8.03. The van der Waals surface area contributed by atoms with Crippen LogP contribution in [-0.2, 0) is 0 Å². The van der Waals surface area contributed by atoms with Gasteiger partial charge in [0, 0.05) is 0 Å². The van der Waals surface area contributed by atoms with Crippen LogP contribution in [0.1, 0.15) is 26.7 Å². The maximum Gasteiger partial charge on any atom is -0.0161 e. The summed E-state index contributed by atoms with van der Waals surface area (Å²) in [6.07, 6.45) is 15.8. The number of hydrogen-bond acceptors (Lipinski definition) is 0. The molecule has 0 nitrogen and oxygen atoms in total. The van der Waals surface area contributed by atoms with E-state index in [-0.39, 0.29) is 0 Å². The lowest BCUT2D eigenvalue weighted by Crippen LogP contribution is -1.95. The van der Waals surface area contributed by atoms with Crippen LogP contribution >= 0.6 is 0 Å². The molecule has 0 aromatic carbocycles. The molecule has 1 rings (SSSR count). The average molecular weight is 162 g/mol. The fourth-order valence-electron chi connectivity index (χ4n) is 1.33. The van der Waals surface area contributed by atoms with Gasteiger partial charge >= 0.3 is 0 Å². The van der Waals surface area contributed by atoms with Crippen LogP contribution in [0.15, 0.2) is 36.5 Å². The lowest BCUT2D eigenvalue weighted by Gasteiger charge is -2.09. The summed E-state index contributed by atoms with van der Waals surface area (Å²) in [6.45, 7) is 4.43. The van der Waals surface area contributed by atoms with Gasteiger partial charge in [-0.3, -0.25) is 0 Å². The van der Waals surface area contributed by atoms with Crippen molar-refractivity contribution >= 4 is 0 Å². The quantitative estimate of drug-likeness (QED) is 0.555. The van der Waals surface area contributed by atoms with Crippen molar-refractivity contribution in [1.29, 1.82) is 0 Å². The van der Waals surface area contributed by atoms with Crippen LogP contribution < -0.4 is 0 Å². The molecule has 0 aromatic heterocycles. The predicted molar refractivity (Wildman–Crippen MR) is 55.0 cm³/mol. The van der Waals surface area contributed by atoms with Crippen LogP contribution in [0, 0.1) is 11.8 Å². The maximum absolute atomic E-state index is 2.30. The number of rotatable bonds is 3. The van der Waals surface area contributed by atoms with Crippen molar-refractivity contribution in [3.8, 4) is 0 Å². The Morgan fingerprint density at radius 2 is 2.25 bits per heavy atom. The van der Waals surface area contributed by atoms with Crippen LogP contribution in [0.5, 0.6) is 0 Å². The van der Waals surface area contributed by atoms with Crippen LogP contribution in [0.4, 0.5) is 0 Å². The van der Waals surface area contributed by atoms with Gasteiger partial charge in [0.1, 0.15) is 0 Å². The summed E-state index contributed by atoms with van der Waals surface area (Å²) in [5.41, 5.74) is 0. The Hall–Kier alpha value is -0.780. The van der Waals surface area contributed by atoms with Gasteiger partial charge in [-0.1, -0.05) is 50.3 Å². The van der Waals surface area contributed by atoms with E-state index in [1.165, 1.54) is 12.8 Å². The van der Waals surface area contributed by atoms with Gasteiger partial charge in [-0.05, 0) is 24.7 Å². The van der Waals surface area contributed by atoms with E-state index in [0.29, 0.717) is 5.92 Å². The smallest absolute Gasteiger partial charge is 0.0161 e. The highest BCUT2D eigenvalue weighted by molar-refractivity contribution is 5.11. The van der Waals surface area contributed by atoms with E-state index in [0.717, 1.165) is 5.92 Å². The molecular formula is C12H18. The molecule has 0 aliphatic heterocycles. The molecule has 1 aliphatic rings. The van der Waals surface area contributed by atoms with Gasteiger partial charge in [-0.2, -0.15) is 0 Å². The number of allylic oxidation sites excluding steroid dienone is 6. The Balaban J connectivity index is 2.23. The first-order valence-corrected chi connectivity index (χ1v) is 4.79. The first-order valence-electron chi connectivity index (χ1n) is 4.79. The van der Waals surface area contributed by atoms with E-state index in [1.807, 2.05) is 0 Å². The second-order valence-corrected chi connectivity index (χ2v) is 3.72. The van der Waals surface area contributed by atoms with Crippen molar-refractivity contribution < 1.29 is 0 Å². The minimum absolute atomic E-state index is 0.688. The Morgan fingerprint density at radius 1 is 1.42 bits per heavy atom. The van der Waals surface area contributed by atoms with E-state index in [9.17, 15) is 0 Å². The molecule has 0 saturated heterocycles. The Bertz CT molecular complexity index is 194. The van der Waals surface area contributed by atoms with E-state index < -0.39 is 0 Å². The highest BCUT2D eigenvalue weighted by Crippen LogP contribution is 2.16. The minimum atomic E-state index is 0.688. The molecule has 1 atom stereocenters. The summed E-state index contributed by atoms with van der Waals surface area (Å²) in [5.74, 6) is 1.43. The lowest BCUT2D eigenvalue weighted by molar-refractivity contribution is 0.664. The summed E-state index contributed by atoms with van der Waals surface area (Å²) in [4.78, 5) is 0. The lowest BCUT2D eigenvalue weighted by atomic mass is 9.97. The monoisotopic (exact) mass is 162 g/mol. The number of hydrogen-bond donors (Lipinski definition) is 0. The zero-order chi connectivity index (χ0) is 8.81. The third kappa shape index (κ3) is 3.56. The predicted octanol–water partition coefficient (Wildman–Crippen LogP) is 3.72. The molecular weight excluding hydrogens is 144 g/mol. The molecule has 0 radical (unpaired) electrons. The molecule has 1 aliphatic carbocycles. The second-order valence-electron chi connectivity index (χ2n) is 3.72. The first-order chi connectivity index (χ1) is 5.79. The fourth-order valence-corrected chi connectivity index (χ4v) is 1.33. The molecule has 0 N–H and O–H groups in total. The van der Waals surface area contributed by atoms with Gasteiger partial charge < -0.3 is 0 Å². The minimum Gasteiger partial charge on any atom is -0.0877 e. The van der Waals surface area contributed by atoms with Crippen LogP contribution in [0.3, 0.4) is 0 Å². The van der Waals surface area contributed by atoms with Crippen LogP contribution in [-0.4, -0.2) is 0 Å². The van der Waals surface area contributed by atoms with E-state index in [4.69, 9.17) is 0 Å². The standard InChI is InChI=1S/C12H18/c1-11(2)7-6-10-12-8-4-3-5-9-12/h3-8,11-12H,9-10H2,1-2H3/b7-6+. The largest absolute Gasteiger partial charge is 0.0877 e. The summed E-state index contributed by atoms with van der Waals surface area (Å²) < 4.78 is 0. The summed E-state index contributed by atoms with van der Waals surface area (Å²) in [6, 6.07) is 0. The topological polar surface area (TPSA) is 0 Å². The van der Waals surface area contributed by atoms with Crippen molar-refractivity contribution in [3.63, 3.8) is 0 Å². The molecule has 0 heterocycles. The third-order valence-electron chi connectivity index (χ3n) is 2.03. The van der Waals surface area contributed by atoms with E-state index >= 15 is 0 Å². The van der Waals surface area contributed by atoms with Crippen LogP contribution in [0.2, 0.25) is 0 Å². The van der Waals surface area contributed by atoms with E-state index in [2.05, 4.69) is 50.3 Å². The molecule has 0 fully saturated rings. The fraction of sp³-hybridized carbons (Fsp3) is 0.500. The first kappa shape index (κ1) is 9.31. The SMILES string of the molecule is CC(C)/C=C/CC1C=CC=CC1. The molecule has 0 amide bonds. The molecule has 0 saturated carbocycles. The van der Waals surface area contributed by atoms with Gasteiger partial charge in [0.05, 0.1) is 0 Å². The van der Waals surface area contributed by atoms with Crippen molar-refractivity contribution in [3.05, 3.63) is 36.5 Å². The highest BCUT2D eigenvalue weighted by Gasteiger charge is 2.01. The molecule has 1 unspecified atom stereocenters. The van der Waals surface area contributed by atoms with Crippen molar-refractivity contribution in [2.75, 3.05) is 0 Å². The molecule has 0 bridgehead atoms. The van der Waals surface area contributed by atoms with E-state index in [1.54, 1.807) is 0 Å². The maximum atomic E-state index is 2.30. The zero-order valence-electron chi connectivity index (χ0n) is 8.03. The molecule has 0 heteroatoms.